The molecule has 22 heavy (non-hydrogen) atoms. The molecule has 1 aromatic carbocycles. The van der Waals surface area contributed by atoms with Crippen molar-refractivity contribution >= 4 is 16.1 Å². The van der Waals surface area contributed by atoms with Gasteiger partial charge in [0.2, 0.25) is 0 Å². The second-order valence-electron chi connectivity index (χ2n) is 6.09. The van der Waals surface area contributed by atoms with Crippen LogP contribution in [0.5, 0.6) is 0 Å². The van der Waals surface area contributed by atoms with Crippen molar-refractivity contribution in [2.45, 2.75) is 24.3 Å². The molecule has 0 radical (unpaired) electrons. The van der Waals surface area contributed by atoms with Gasteiger partial charge in [0, 0.05) is 19.5 Å². The molecule has 2 aliphatic rings. The van der Waals surface area contributed by atoms with E-state index in [1.807, 2.05) is 18.9 Å². The van der Waals surface area contributed by atoms with Gasteiger partial charge in [-0.05, 0) is 26.1 Å². The number of likely N-dealkylation sites (N-methyl/N-ethyl adjacent to an activating group) is 1. The van der Waals surface area contributed by atoms with Crippen molar-refractivity contribution in [3.63, 3.8) is 0 Å². The van der Waals surface area contributed by atoms with Gasteiger partial charge in [0.25, 0.3) is 10.1 Å². The summed E-state index contributed by atoms with van der Waals surface area (Å²) in [7, 11) is -2.06. The monoisotopic (exact) mass is 325 g/mol. The molecule has 7 heteroatoms. The fourth-order valence-electron chi connectivity index (χ4n) is 3.15. The molecule has 2 fully saturated rings. The number of ether oxygens (including phenoxy) is 1. The lowest BCUT2D eigenvalue weighted by Gasteiger charge is -2.25. The zero-order chi connectivity index (χ0) is 16.0. The van der Waals surface area contributed by atoms with E-state index in [1.54, 1.807) is 12.1 Å². The maximum absolute atomic E-state index is 12.5. The maximum Gasteiger partial charge on any atom is 0.316 e. The van der Waals surface area contributed by atoms with Gasteiger partial charge >= 0.3 is 5.97 Å². The SMILES string of the molecule is Cc1ccc(S(=O)(=O)O[C@@H]2CN(C)C[C@]23CCOC3=O)cc1. The van der Waals surface area contributed by atoms with Gasteiger partial charge in [-0.15, -0.1) is 0 Å². The Kier molecular flexibility index (Phi) is 3.74. The number of hydrogen-bond acceptors (Lipinski definition) is 6. The Morgan fingerprint density at radius 3 is 2.59 bits per heavy atom. The van der Waals surface area contributed by atoms with Gasteiger partial charge in [0.1, 0.15) is 11.5 Å². The van der Waals surface area contributed by atoms with E-state index >= 15 is 0 Å². The van der Waals surface area contributed by atoms with E-state index in [0.717, 1.165) is 5.56 Å². The van der Waals surface area contributed by atoms with Gasteiger partial charge < -0.3 is 9.64 Å². The maximum atomic E-state index is 12.5. The predicted molar refractivity (Wildman–Crippen MR) is 78.7 cm³/mol. The lowest BCUT2D eigenvalue weighted by atomic mass is 9.83. The number of hydrogen-bond donors (Lipinski definition) is 0. The van der Waals surface area contributed by atoms with Gasteiger partial charge in [0.15, 0.2) is 0 Å². The van der Waals surface area contributed by atoms with Crippen molar-refractivity contribution in [1.82, 2.24) is 4.90 Å². The van der Waals surface area contributed by atoms with E-state index in [4.69, 9.17) is 8.92 Å². The quantitative estimate of drug-likeness (QED) is 0.608. The molecule has 0 saturated carbocycles. The van der Waals surface area contributed by atoms with Crippen molar-refractivity contribution in [3.8, 4) is 0 Å². The third-order valence-corrected chi connectivity index (χ3v) is 5.72. The number of esters is 1. The number of likely N-dealkylation sites (tertiary alicyclic amines) is 1. The Hall–Kier alpha value is -1.44. The van der Waals surface area contributed by atoms with Crippen LogP contribution in [-0.4, -0.2) is 52.1 Å². The van der Waals surface area contributed by atoms with E-state index in [-0.39, 0.29) is 10.9 Å². The fraction of sp³-hybridized carbons (Fsp3) is 0.533. The summed E-state index contributed by atoms with van der Waals surface area (Å²) in [6.07, 6.45) is -0.219. The minimum Gasteiger partial charge on any atom is -0.465 e. The van der Waals surface area contributed by atoms with Gasteiger partial charge in [0.05, 0.1) is 11.5 Å². The Morgan fingerprint density at radius 2 is 2.00 bits per heavy atom. The first kappa shape index (κ1) is 15.5. The predicted octanol–water partition coefficient (Wildman–Crippen LogP) is 0.948. The van der Waals surface area contributed by atoms with Crippen molar-refractivity contribution < 1.29 is 22.1 Å². The first-order valence-corrected chi connectivity index (χ1v) is 8.60. The van der Waals surface area contributed by atoms with E-state index in [9.17, 15) is 13.2 Å². The highest BCUT2D eigenvalue weighted by Gasteiger charge is 2.57. The van der Waals surface area contributed by atoms with Crippen LogP contribution in [0.4, 0.5) is 0 Å². The van der Waals surface area contributed by atoms with E-state index in [1.165, 1.54) is 12.1 Å². The molecule has 1 spiro atoms. The number of carbonyl (C=O) groups is 1. The molecule has 2 saturated heterocycles. The summed E-state index contributed by atoms with van der Waals surface area (Å²) in [6.45, 7) is 3.05. The van der Waals surface area contributed by atoms with Crippen molar-refractivity contribution in [2.24, 2.45) is 5.41 Å². The summed E-state index contributed by atoms with van der Waals surface area (Å²) < 4.78 is 35.4. The second-order valence-corrected chi connectivity index (χ2v) is 7.66. The van der Waals surface area contributed by atoms with Crippen LogP contribution in [0.25, 0.3) is 0 Å². The topological polar surface area (TPSA) is 72.9 Å². The first-order valence-electron chi connectivity index (χ1n) is 7.19. The zero-order valence-electron chi connectivity index (χ0n) is 12.6. The third kappa shape index (κ3) is 2.53. The summed E-state index contributed by atoms with van der Waals surface area (Å²) in [6, 6.07) is 6.47. The van der Waals surface area contributed by atoms with Crippen LogP contribution in [0, 0.1) is 12.3 Å². The molecule has 2 atom stereocenters. The lowest BCUT2D eigenvalue weighted by molar-refractivity contribution is -0.148. The van der Waals surface area contributed by atoms with Crippen molar-refractivity contribution in [3.05, 3.63) is 29.8 Å². The highest BCUT2D eigenvalue weighted by atomic mass is 32.2. The minimum atomic E-state index is -3.91. The summed E-state index contributed by atoms with van der Waals surface area (Å²) >= 11 is 0. The van der Waals surface area contributed by atoms with Crippen LogP contribution >= 0.6 is 0 Å². The molecule has 0 aromatic heterocycles. The number of benzene rings is 1. The van der Waals surface area contributed by atoms with Crippen LogP contribution in [-0.2, 0) is 23.8 Å². The third-order valence-electron chi connectivity index (χ3n) is 4.39. The van der Waals surface area contributed by atoms with Gasteiger partial charge in [-0.25, -0.2) is 0 Å². The molecule has 120 valence electrons. The van der Waals surface area contributed by atoms with Crippen LogP contribution in [0.1, 0.15) is 12.0 Å². The molecular formula is C15H19NO5S. The van der Waals surface area contributed by atoms with Crippen LogP contribution < -0.4 is 0 Å². The molecule has 6 nitrogen and oxygen atoms in total. The smallest absolute Gasteiger partial charge is 0.316 e. The van der Waals surface area contributed by atoms with E-state index < -0.39 is 21.6 Å². The Balaban J connectivity index is 1.88. The molecule has 1 aromatic rings. The van der Waals surface area contributed by atoms with E-state index in [2.05, 4.69) is 0 Å². The second kappa shape index (κ2) is 5.33. The molecule has 0 aliphatic carbocycles. The number of aryl methyl sites for hydroxylation is 1. The Labute approximate surface area is 130 Å². The number of cyclic esters (lactones) is 1. The number of rotatable bonds is 3. The molecule has 0 N–H and O–H groups in total. The fourth-order valence-corrected chi connectivity index (χ4v) is 4.28. The highest BCUT2D eigenvalue weighted by Crippen LogP contribution is 2.42. The van der Waals surface area contributed by atoms with Crippen LogP contribution in [0.3, 0.4) is 0 Å². The van der Waals surface area contributed by atoms with Gasteiger partial charge in [-0.2, -0.15) is 8.42 Å². The van der Waals surface area contributed by atoms with Crippen molar-refractivity contribution in [1.29, 1.82) is 0 Å². The number of nitrogens with zero attached hydrogens (tertiary/aromatic N) is 1. The average molecular weight is 325 g/mol. The van der Waals surface area contributed by atoms with Crippen molar-refractivity contribution in [2.75, 3.05) is 26.7 Å². The van der Waals surface area contributed by atoms with Gasteiger partial charge in [-0.1, -0.05) is 17.7 Å². The first-order chi connectivity index (χ1) is 10.3. The lowest BCUT2D eigenvalue weighted by Crippen LogP contribution is -2.41. The molecule has 2 heterocycles. The summed E-state index contributed by atoms with van der Waals surface area (Å²) in [5, 5.41) is 0. The molecular weight excluding hydrogens is 306 g/mol. The van der Waals surface area contributed by atoms with E-state index in [0.29, 0.717) is 26.1 Å². The normalized spacial score (nSPS) is 29.2. The average Bonchev–Trinajstić information content (AvgIpc) is 2.95. The molecule has 0 amide bonds. The Bertz CT molecular complexity index is 684. The molecule has 2 aliphatic heterocycles. The molecule has 0 unspecified atom stereocenters. The molecule has 0 bridgehead atoms. The molecule has 3 rings (SSSR count). The Morgan fingerprint density at radius 1 is 1.32 bits per heavy atom. The minimum absolute atomic E-state index is 0.106. The zero-order valence-corrected chi connectivity index (χ0v) is 13.4. The van der Waals surface area contributed by atoms with Crippen LogP contribution in [0.2, 0.25) is 0 Å². The van der Waals surface area contributed by atoms with Crippen LogP contribution in [0.15, 0.2) is 29.2 Å². The largest absolute Gasteiger partial charge is 0.465 e. The highest BCUT2D eigenvalue weighted by molar-refractivity contribution is 7.86. The summed E-state index contributed by atoms with van der Waals surface area (Å²) in [4.78, 5) is 14.1. The standard InChI is InChI=1S/C15H19NO5S/c1-11-3-5-12(6-4-11)22(18,19)21-13-9-16(2)10-15(13)7-8-20-14(15)17/h3-6,13H,7-10H2,1-2H3/t13-,15-/m1/s1. The summed E-state index contributed by atoms with van der Waals surface area (Å²) in [5.74, 6) is -0.360. The van der Waals surface area contributed by atoms with Gasteiger partial charge in [-0.3, -0.25) is 8.98 Å². The number of carbonyl (C=O) groups excluding carboxylic acids is 1. The summed E-state index contributed by atoms with van der Waals surface area (Å²) in [5.41, 5.74) is 0.0994.